The number of carbonyl (C=O) groups excluding carboxylic acids is 1. The molecule has 1 atom stereocenters. The van der Waals surface area contributed by atoms with Gasteiger partial charge in [0.15, 0.2) is 0 Å². The summed E-state index contributed by atoms with van der Waals surface area (Å²) in [5.41, 5.74) is 6.46. The van der Waals surface area contributed by atoms with Crippen molar-refractivity contribution < 1.29 is 9.53 Å². The normalized spacial score (nSPS) is 12.2. The van der Waals surface area contributed by atoms with Gasteiger partial charge in [0, 0.05) is 6.42 Å². The Morgan fingerprint density at radius 1 is 0.885 bits per heavy atom. The molecule has 0 aliphatic carbocycles. The number of unbranched alkanes of at least 4 members (excludes halogenated alkanes) is 8. The summed E-state index contributed by atoms with van der Waals surface area (Å²) < 4.78 is 6.18. The maximum absolute atomic E-state index is 10.9. The highest BCUT2D eigenvalue weighted by atomic mass is 16.5. The van der Waals surface area contributed by atoms with Gasteiger partial charge in [0.05, 0.1) is 12.7 Å². The van der Waals surface area contributed by atoms with Gasteiger partial charge in [-0.25, -0.2) is 0 Å². The van der Waals surface area contributed by atoms with Gasteiger partial charge in [0.25, 0.3) is 0 Å². The van der Waals surface area contributed by atoms with E-state index in [1.54, 1.807) is 0 Å². The molecule has 0 spiro atoms. The molecule has 0 aliphatic rings. The zero-order chi connectivity index (χ0) is 18.9. The van der Waals surface area contributed by atoms with Crippen molar-refractivity contribution in [3.63, 3.8) is 0 Å². The van der Waals surface area contributed by atoms with E-state index < -0.39 is 0 Å². The first kappa shape index (κ1) is 22.7. The van der Waals surface area contributed by atoms with E-state index in [1.807, 2.05) is 6.07 Å². The summed E-state index contributed by atoms with van der Waals surface area (Å²) in [5, 5.41) is 0. The van der Waals surface area contributed by atoms with Gasteiger partial charge in [-0.3, -0.25) is 4.79 Å². The van der Waals surface area contributed by atoms with Crippen LogP contribution in [0.3, 0.4) is 0 Å². The minimum atomic E-state index is -0.199. The van der Waals surface area contributed by atoms with Crippen molar-refractivity contribution in [3.8, 4) is 0 Å². The van der Waals surface area contributed by atoms with E-state index in [-0.39, 0.29) is 5.91 Å². The van der Waals surface area contributed by atoms with Crippen LogP contribution in [0.5, 0.6) is 0 Å². The number of hydrogen-bond donors (Lipinski definition) is 1. The predicted molar refractivity (Wildman–Crippen MR) is 110 cm³/mol. The highest BCUT2D eigenvalue weighted by Crippen LogP contribution is 2.17. The summed E-state index contributed by atoms with van der Waals surface area (Å²) in [6.07, 6.45) is 15.5. The number of hydrogen-bond acceptors (Lipinski definition) is 2. The highest BCUT2D eigenvalue weighted by molar-refractivity contribution is 5.73. The van der Waals surface area contributed by atoms with Crippen LogP contribution in [-0.2, 0) is 16.1 Å². The average Bonchev–Trinajstić information content (AvgIpc) is 2.65. The topological polar surface area (TPSA) is 52.3 Å². The first-order valence-corrected chi connectivity index (χ1v) is 10.7. The molecule has 0 bridgehead atoms. The van der Waals surface area contributed by atoms with Crippen LogP contribution >= 0.6 is 0 Å². The number of nitrogens with two attached hydrogens (primary N) is 1. The summed E-state index contributed by atoms with van der Waals surface area (Å²) in [5.74, 6) is -0.199. The lowest BCUT2D eigenvalue weighted by Crippen LogP contribution is -2.14. The third-order valence-electron chi connectivity index (χ3n) is 4.91. The molecule has 1 aromatic carbocycles. The zero-order valence-electron chi connectivity index (χ0n) is 16.8. The molecule has 0 heterocycles. The van der Waals surface area contributed by atoms with Gasteiger partial charge in [-0.05, 0) is 24.8 Å². The molecule has 1 unspecified atom stereocenters. The van der Waals surface area contributed by atoms with E-state index in [0.717, 1.165) is 25.7 Å². The minimum Gasteiger partial charge on any atom is -0.374 e. The Morgan fingerprint density at radius 3 is 2.08 bits per heavy atom. The van der Waals surface area contributed by atoms with Crippen molar-refractivity contribution in [1.29, 1.82) is 0 Å². The van der Waals surface area contributed by atoms with E-state index in [4.69, 9.17) is 10.5 Å². The second-order valence-electron chi connectivity index (χ2n) is 7.39. The van der Waals surface area contributed by atoms with Gasteiger partial charge >= 0.3 is 0 Å². The van der Waals surface area contributed by atoms with E-state index >= 15 is 0 Å². The molecule has 0 saturated heterocycles. The molecule has 3 nitrogen and oxygen atoms in total. The largest absolute Gasteiger partial charge is 0.374 e. The number of rotatable bonds is 17. The monoisotopic (exact) mass is 361 g/mol. The fraction of sp³-hybridized carbons (Fsp3) is 0.696. The number of primary amides is 1. The lowest BCUT2D eigenvalue weighted by Gasteiger charge is -2.18. The molecule has 2 N–H and O–H groups in total. The van der Waals surface area contributed by atoms with E-state index in [9.17, 15) is 4.79 Å². The van der Waals surface area contributed by atoms with Gasteiger partial charge in [0.2, 0.25) is 5.91 Å². The van der Waals surface area contributed by atoms with Crippen molar-refractivity contribution >= 4 is 5.91 Å². The van der Waals surface area contributed by atoms with Crippen LogP contribution in [0.4, 0.5) is 0 Å². The standard InChI is InChI=1S/C23H39NO2/c1-2-3-4-5-6-7-8-12-17-22(18-13-14-19-23(24)25)26-20-21-15-10-9-11-16-21/h9-11,15-16,22H,2-8,12-14,17-20H2,1H3,(H2,24,25). The van der Waals surface area contributed by atoms with E-state index in [1.165, 1.54) is 56.9 Å². The van der Waals surface area contributed by atoms with Crippen LogP contribution in [0.25, 0.3) is 0 Å². The van der Waals surface area contributed by atoms with Gasteiger partial charge in [-0.1, -0.05) is 95.0 Å². The molecule has 1 rings (SSSR count). The molecule has 148 valence electrons. The Labute approximate surface area is 160 Å². The number of carbonyl (C=O) groups is 1. The van der Waals surface area contributed by atoms with Crippen molar-refractivity contribution in [1.82, 2.24) is 0 Å². The summed E-state index contributed by atoms with van der Waals surface area (Å²) in [4.78, 5) is 10.9. The Bertz CT molecular complexity index is 447. The van der Waals surface area contributed by atoms with Crippen molar-refractivity contribution in [2.75, 3.05) is 0 Å². The Morgan fingerprint density at radius 2 is 1.46 bits per heavy atom. The fourth-order valence-electron chi connectivity index (χ4n) is 3.28. The summed E-state index contributed by atoms with van der Waals surface area (Å²) >= 11 is 0. The van der Waals surface area contributed by atoms with Gasteiger partial charge in [-0.15, -0.1) is 0 Å². The number of amides is 1. The van der Waals surface area contributed by atoms with Crippen molar-refractivity contribution in [2.24, 2.45) is 5.73 Å². The van der Waals surface area contributed by atoms with Crippen LogP contribution in [0.1, 0.15) is 96.0 Å². The van der Waals surface area contributed by atoms with Gasteiger partial charge < -0.3 is 10.5 Å². The molecule has 26 heavy (non-hydrogen) atoms. The van der Waals surface area contributed by atoms with Crippen LogP contribution < -0.4 is 5.73 Å². The van der Waals surface area contributed by atoms with Crippen LogP contribution in [0.15, 0.2) is 30.3 Å². The van der Waals surface area contributed by atoms with Crippen LogP contribution in [-0.4, -0.2) is 12.0 Å². The average molecular weight is 362 g/mol. The third-order valence-corrected chi connectivity index (χ3v) is 4.91. The molecule has 0 saturated carbocycles. The molecule has 0 aliphatic heterocycles. The van der Waals surface area contributed by atoms with E-state index in [0.29, 0.717) is 19.1 Å². The van der Waals surface area contributed by atoms with Crippen molar-refractivity contribution in [2.45, 2.75) is 103 Å². The van der Waals surface area contributed by atoms with Gasteiger partial charge in [-0.2, -0.15) is 0 Å². The predicted octanol–water partition coefficient (Wildman–Crippen LogP) is 6.15. The highest BCUT2D eigenvalue weighted by Gasteiger charge is 2.10. The van der Waals surface area contributed by atoms with Gasteiger partial charge in [0.1, 0.15) is 0 Å². The van der Waals surface area contributed by atoms with Crippen molar-refractivity contribution in [3.05, 3.63) is 35.9 Å². The Hall–Kier alpha value is -1.35. The molecule has 3 heteroatoms. The molecular weight excluding hydrogens is 322 g/mol. The lowest BCUT2D eigenvalue weighted by molar-refractivity contribution is -0.118. The second kappa shape index (κ2) is 15.9. The minimum absolute atomic E-state index is 0.199. The molecule has 1 aromatic rings. The summed E-state index contributed by atoms with van der Waals surface area (Å²) in [6, 6.07) is 10.4. The van der Waals surface area contributed by atoms with Crippen LogP contribution in [0, 0.1) is 0 Å². The third kappa shape index (κ3) is 12.9. The zero-order valence-corrected chi connectivity index (χ0v) is 16.8. The summed E-state index contributed by atoms with van der Waals surface area (Å²) in [6.45, 7) is 2.94. The molecule has 1 amide bonds. The number of ether oxygens (including phenoxy) is 1. The molecule has 0 aromatic heterocycles. The molecule has 0 radical (unpaired) electrons. The Kier molecular flexibility index (Phi) is 13.8. The molecular formula is C23H39NO2. The Balaban J connectivity index is 2.22. The van der Waals surface area contributed by atoms with Crippen LogP contribution in [0.2, 0.25) is 0 Å². The SMILES string of the molecule is CCCCCCCCCCC(CCCCC(N)=O)OCc1ccccc1. The lowest BCUT2D eigenvalue weighted by atomic mass is 10.0. The maximum atomic E-state index is 10.9. The quantitative estimate of drug-likeness (QED) is 0.338. The first-order valence-electron chi connectivity index (χ1n) is 10.7. The smallest absolute Gasteiger partial charge is 0.217 e. The fourth-order valence-corrected chi connectivity index (χ4v) is 3.28. The molecule has 0 fully saturated rings. The first-order chi connectivity index (χ1) is 12.7. The second-order valence-corrected chi connectivity index (χ2v) is 7.39. The number of benzene rings is 1. The van der Waals surface area contributed by atoms with E-state index in [2.05, 4.69) is 31.2 Å². The summed E-state index contributed by atoms with van der Waals surface area (Å²) in [7, 11) is 0. The maximum Gasteiger partial charge on any atom is 0.217 e.